The number of aliphatic hydroxyl groups excluding tert-OH is 5. The monoisotopic (exact) mass is 1120 g/mol. The molecule has 1 aliphatic heterocycles. The second-order valence-electron chi connectivity index (χ2n) is 23.5. The molecule has 0 aromatic rings. The maximum atomic E-state index is 13.0. The second-order valence-corrected chi connectivity index (χ2v) is 23.5. The second kappa shape index (κ2) is 57.7. The number of nitrogens with one attached hydrogen (secondary N) is 1. The van der Waals surface area contributed by atoms with Gasteiger partial charge in [-0.25, -0.2) is 0 Å². The number of unbranched alkanes of at least 4 members (excludes halogenated alkanes) is 41. The van der Waals surface area contributed by atoms with Gasteiger partial charge in [0.15, 0.2) is 6.29 Å². The van der Waals surface area contributed by atoms with E-state index in [0.29, 0.717) is 19.4 Å². The first-order valence-electron chi connectivity index (χ1n) is 33.8. The summed E-state index contributed by atoms with van der Waals surface area (Å²) in [5.41, 5.74) is 0. The number of rotatable bonds is 59. The Morgan fingerprint density at radius 3 is 1.24 bits per heavy atom. The van der Waals surface area contributed by atoms with E-state index in [9.17, 15) is 35.1 Å². The lowest BCUT2D eigenvalue weighted by atomic mass is 9.99. The van der Waals surface area contributed by atoms with Crippen LogP contribution in [-0.2, 0) is 23.8 Å². The van der Waals surface area contributed by atoms with Crippen LogP contribution in [0, 0.1) is 0 Å². The van der Waals surface area contributed by atoms with Gasteiger partial charge >= 0.3 is 5.97 Å². The van der Waals surface area contributed by atoms with Crippen LogP contribution in [0.15, 0.2) is 36.5 Å². The van der Waals surface area contributed by atoms with Crippen molar-refractivity contribution in [3.05, 3.63) is 36.5 Å². The third-order valence-corrected chi connectivity index (χ3v) is 16.0. The van der Waals surface area contributed by atoms with Gasteiger partial charge in [0.2, 0.25) is 5.91 Å². The van der Waals surface area contributed by atoms with Crippen LogP contribution in [0.4, 0.5) is 0 Å². The van der Waals surface area contributed by atoms with Gasteiger partial charge in [-0.1, -0.05) is 294 Å². The Kier molecular flexibility index (Phi) is 54.7. The summed E-state index contributed by atoms with van der Waals surface area (Å²) < 4.78 is 16.7. The van der Waals surface area contributed by atoms with Crippen LogP contribution in [0.2, 0.25) is 0 Å². The van der Waals surface area contributed by atoms with Crippen molar-refractivity contribution in [2.75, 3.05) is 19.8 Å². The maximum Gasteiger partial charge on any atom is 0.305 e. The van der Waals surface area contributed by atoms with E-state index in [1.165, 1.54) is 231 Å². The molecule has 0 aromatic heterocycles. The molecule has 1 heterocycles. The van der Waals surface area contributed by atoms with Crippen molar-refractivity contribution < 1.29 is 49.3 Å². The molecule has 0 bridgehead atoms. The molecule has 7 unspecified atom stereocenters. The molecule has 0 saturated carbocycles. The van der Waals surface area contributed by atoms with Crippen LogP contribution >= 0.6 is 0 Å². The zero-order chi connectivity index (χ0) is 57.3. The average Bonchev–Trinajstić information content (AvgIpc) is 3.48. The van der Waals surface area contributed by atoms with E-state index in [2.05, 4.69) is 43.5 Å². The summed E-state index contributed by atoms with van der Waals surface area (Å²) in [7, 11) is 0. The van der Waals surface area contributed by atoms with Gasteiger partial charge in [0, 0.05) is 12.8 Å². The summed E-state index contributed by atoms with van der Waals surface area (Å²) in [5.74, 6) is -0.184. The largest absolute Gasteiger partial charge is 0.466 e. The zero-order valence-corrected chi connectivity index (χ0v) is 51.3. The minimum atomic E-state index is -1.58. The molecule has 11 heteroatoms. The minimum Gasteiger partial charge on any atom is -0.466 e. The Morgan fingerprint density at radius 1 is 0.456 bits per heavy atom. The van der Waals surface area contributed by atoms with Crippen LogP contribution < -0.4 is 5.32 Å². The highest BCUT2D eigenvalue weighted by Crippen LogP contribution is 2.23. The first-order valence-corrected chi connectivity index (χ1v) is 33.8. The topological polar surface area (TPSA) is 175 Å². The molecular weight excluding hydrogens is 991 g/mol. The van der Waals surface area contributed by atoms with Gasteiger partial charge in [-0.2, -0.15) is 0 Å². The summed E-state index contributed by atoms with van der Waals surface area (Å²) in [6, 6.07) is -0.832. The lowest BCUT2D eigenvalue weighted by molar-refractivity contribution is -0.302. The van der Waals surface area contributed by atoms with Crippen LogP contribution in [0.5, 0.6) is 0 Å². The molecule has 0 aliphatic carbocycles. The Balaban J connectivity index is 1.98. The SMILES string of the molecule is CCCC/C=C/CC/C=C/CC/C=C/C(O)C(COC1OC(CO)C(O)C(O)C1O)NC(=O)CCCCCCCCCCCCCCCCCCCCCCCCCCCCCCOC(=O)CCCCCCCCCCCCC. The van der Waals surface area contributed by atoms with E-state index in [-0.39, 0.29) is 18.5 Å². The fourth-order valence-electron chi connectivity index (χ4n) is 10.6. The lowest BCUT2D eigenvalue weighted by Crippen LogP contribution is -2.60. The quantitative estimate of drug-likeness (QED) is 0.0195. The molecule has 79 heavy (non-hydrogen) atoms. The van der Waals surface area contributed by atoms with E-state index >= 15 is 0 Å². The summed E-state index contributed by atoms with van der Waals surface area (Å²) in [6.45, 7) is 4.30. The van der Waals surface area contributed by atoms with Gasteiger partial charge in [0.1, 0.15) is 24.4 Å². The summed E-state index contributed by atoms with van der Waals surface area (Å²) in [5, 5.41) is 54.4. The number of ether oxygens (including phenoxy) is 3. The molecule has 0 radical (unpaired) electrons. The summed E-state index contributed by atoms with van der Waals surface area (Å²) >= 11 is 0. The fraction of sp³-hybridized carbons (Fsp3) is 0.882. The van der Waals surface area contributed by atoms with Gasteiger partial charge in [-0.05, 0) is 51.4 Å². The van der Waals surface area contributed by atoms with E-state index in [0.717, 1.165) is 64.2 Å². The van der Waals surface area contributed by atoms with Crippen molar-refractivity contribution in [1.29, 1.82) is 0 Å². The van der Waals surface area contributed by atoms with Crippen molar-refractivity contribution in [1.82, 2.24) is 5.32 Å². The molecule has 1 amide bonds. The summed E-state index contributed by atoms with van der Waals surface area (Å²) in [4.78, 5) is 25.1. The first-order chi connectivity index (χ1) is 38.7. The number of allylic oxidation sites excluding steroid dienone is 5. The Morgan fingerprint density at radius 2 is 0.823 bits per heavy atom. The molecule has 11 nitrogen and oxygen atoms in total. The van der Waals surface area contributed by atoms with Gasteiger partial charge in [0.05, 0.1) is 32.0 Å². The molecule has 0 spiro atoms. The molecule has 7 atom stereocenters. The Hall–Kier alpha value is -2.12. The van der Waals surface area contributed by atoms with Gasteiger partial charge in [-0.15, -0.1) is 0 Å². The van der Waals surface area contributed by atoms with Crippen molar-refractivity contribution >= 4 is 11.9 Å². The molecular formula is C68H127NO10. The molecule has 1 fully saturated rings. The van der Waals surface area contributed by atoms with E-state index in [4.69, 9.17) is 14.2 Å². The van der Waals surface area contributed by atoms with Gasteiger partial charge in [-0.3, -0.25) is 9.59 Å². The van der Waals surface area contributed by atoms with E-state index in [1.807, 2.05) is 6.08 Å². The maximum absolute atomic E-state index is 13.0. The number of hydrogen-bond acceptors (Lipinski definition) is 10. The van der Waals surface area contributed by atoms with Gasteiger partial charge < -0.3 is 45.1 Å². The fourth-order valence-corrected chi connectivity index (χ4v) is 10.6. The van der Waals surface area contributed by atoms with Crippen molar-refractivity contribution in [3.8, 4) is 0 Å². The molecule has 0 aromatic carbocycles. The van der Waals surface area contributed by atoms with Gasteiger partial charge in [0.25, 0.3) is 0 Å². The molecule has 1 rings (SSSR count). The number of aliphatic hydroxyl groups is 5. The molecule has 1 aliphatic rings. The number of carbonyl (C=O) groups excluding carboxylic acids is 2. The average molecular weight is 1120 g/mol. The minimum absolute atomic E-state index is 0.00901. The zero-order valence-electron chi connectivity index (χ0n) is 51.3. The number of carbonyl (C=O) groups is 2. The lowest BCUT2D eigenvalue weighted by Gasteiger charge is -2.40. The predicted octanol–water partition coefficient (Wildman–Crippen LogP) is 16.6. The number of hydrogen-bond donors (Lipinski definition) is 6. The first kappa shape index (κ1) is 74.9. The highest BCUT2D eigenvalue weighted by molar-refractivity contribution is 5.76. The Bertz CT molecular complexity index is 1410. The van der Waals surface area contributed by atoms with E-state index < -0.39 is 49.5 Å². The molecule has 6 N–H and O–H groups in total. The van der Waals surface area contributed by atoms with Crippen molar-refractivity contribution in [2.24, 2.45) is 0 Å². The Labute approximate surface area is 485 Å². The van der Waals surface area contributed by atoms with Crippen molar-refractivity contribution in [3.63, 3.8) is 0 Å². The number of amides is 1. The molecule has 464 valence electrons. The smallest absolute Gasteiger partial charge is 0.305 e. The number of esters is 1. The molecule has 1 saturated heterocycles. The van der Waals surface area contributed by atoms with Crippen LogP contribution in [0.1, 0.15) is 322 Å². The predicted molar refractivity (Wildman–Crippen MR) is 329 cm³/mol. The van der Waals surface area contributed by atoms with E-state index in [1.54, 1.807) is 6.08 Å². The normalized spacial score (nSPS) is 18.6. The third kappa shape index (κ3) is 47.0. The van der Waals surface area contributed by atoms with Crippen molar-refractivity contribution in [2.45, 2.75) is 365 Å². The third-order valence-electron chi connectivity index (χ3n) is 16.0. The van der Waals surface area contributed by atoms with Crippen LogP contribution in [0.3, 0.4) is 0 Å². The van der Waals surface area contributed by atoms with Crippen LogP contribution in [-0.4, -0.2) is 100 Å². The highest BCUT2D eigenvalue weighted by atomic mass is 16.7. The van der Waals surface area contributed by atoms with Crippen LogP contribution in [0.25, 0.3) is 0 Å². The summed E-state index contributed by atoms with van der Waals surface area (Å²) in [6.07, 6.45) is 62.8. The highest BCUT2D eigenvalue weighted by Gasteiger charge is 2.44. The standard InChI is InChI=1S/C68H127NO10/c1-3-5-7-9-11-13-15-35-38-42-46-50-54-61(71)60(59-78-68-67(76)66(75)65(74)62(58-70)79-68)69-63(72)55-51-47-43-39-36-32-30-28-26-24-22-20-18-16-17-19-21-23-25-27-29-31-33-37-41-45-49-53-57-77-64(73)56-52-48-44-40-34-14-12-10-8-6-4-2/h9,11,35,38,50,54,60-62,65-68,70-71,74-76H,3-8,10,12-34,36-37,39-49,51-53,55-59H2,1-2H3,(H,69,72)/b11-9+,38-35+,54-50+.